The first-order valence-electron chi connectivity index (χ1n) is 8.13. The Kier molecular flexibility index (Phi) is 3.33. The molecule has 8 heteroatoms. The Bertz CT molecular complexity index is 816. The Morgan fingerprint density at radius 1 is 1.29 bits per heavy atom. The Morgan fingerprint density at radius 2 is 2.12 bits per heavy atom. The van der Waals surface area contributed by atoms with Crippen LogP contribution in [0, 0.1) is 0 Å². The molecule has 0 saturated carbocycles. The highest BCUT2D eigenvalue weighted by atomic mass is 16.2. The number of tetrazole rings is 1. The van der Waals surface area contributed by atoms with Crippen molar-refractivity contribution in [2.75, 3.05) is 0 Å². The van der Waals surface area contributed by atoms with Crippen LogP contribution < -0.4 is 5.32 Å². The fourth-order valence-electron chi connectivity index (χ4n) is 3.60. The van der Waals surface area contributed by atoms with Crippen molar-refractivity contribution >= 4 is 11.9 Å². The molecule has 24 heavy (non-hydrogen) atoms. The molecule has 8 nitrogen and oxygen atoms in total. The number of hydrogen-bond donors (Lipinski definition) is 1. The van der Waals surface area contributed by atoms with Gasteiger partial charge < -0.3 is 5.32 Å². The summed E-state index contributed by atoms with van der Waals surface area (Å²) in [6.07, 6.45) is 2.24. The molecule has 2 aliphatic rings. The van der Waals surface area contributed by atoms with Crippen LogP contribution in [0.5, 0.6) is 0 Å². The number of urea groups is 1. The molecule has 1 saturated heterocycles. The number of aryl methyl sites for hydroxylation is 2. The summed E-state index contributed by atoms with van der Waals surface area (Å²) in [6, 6.07) is 7.40. The molecule has 0 bridgehead atoms. The third-order valence-electron chi connectivity index (χ3n) is 4.76. The van der Waals surface area contributed by atoms with Gasteiger partial charge in [0, 0.05) is 6.54 Å². The highest BCUT2D eigenvalue weighted by molar-refractivity contribution is 6.08. The van der Waals surface area contributed by atoms with Gasteiger partial charge >= 0.3 is 6.03 Å². The van der Waals surface area contributed by atoms with Crippen LogP contribution >= 0.6 is 0 Å². The number of benzene rings is 1. The number of carbonyl (C=O) groups excluding carboxylic acids is 2. The smallest absolute Gasteiger partial charge is 0.319 e. The minimum atomic E-state index is -0.934. The zero-order valence-corrected chi connectivity index (χ0v) is 13.4. The molecular formula is C16H18N6O2. The van der Waals surface area contributed by atoms with Crippen molar-refractivity contribution in [2.24, 2.45) is 0 Å². The zero-order valence-electron chi connectivity index (χ0n) is 13.4. The van der Waals surface area contributed by atoms with Crippen LogP contribution in [0.3, 0.4) is 0 Å². The monoisotopic (exact) mass is 326 g/mol. The molecule has 3 amide bonds. The van der Waals surface area contributed by atoms with E-state index >= 15 is 0 Å². The van der Waals surface area contributed by atoms with Crippen molar-refractivity contribution in [3.8, 4) is 0 Å². The van der Waals surface area contributed by atoms with E-state index in [0.29, 0.717) is 18.8 Å². The van der Waals surface area contributed by atoms with E-state index in [4.69, 9.17) is 0 Å². The maximum Gasteiger partial charge on any atom is 0.325 e. The minimum absolute atomic E-state index is 0.0849. The SMILES string of the molecule is CCCn1nnnc1CN1C(=O)NC2(CCc3ccccc32)C1=O. The standard InChI is InChI=1S/C16H18N6O2/c1-2-9-22-13(18-19-20-22)10-21-14(23)16(17-15(21)24)8-7-11-5-3-4-6-12(11)16/h3-6H,2,7-10H2,1H3,(H,17,24). The van der Waals surface area contributed by atoms with Crippen molar-refractivity contribution in [3.05, 3.63) is 41.2 Å². The summed E-state index contributed by atoms with van der Waals surface area (Å²) in [5.41, 5.74) is 1.08. The maximum absolute atomic E-state index is 13.1. The molecule has 1 aliphatic carbocycles. The van der Waals surface area contributed by atoms with Gasteiger partial charge in [-0.3, -0.25) is 9.69 Å². The van der Waals surface area contributed by atoms with Gasteiger partial charge in [-0.25, -0.2) is 9.48 Å². The van der Waals surface area contributed by atoms with Crippen LogP contribution in [0.2, 0.25) is 0 Å². The molecule has 1 aromatic heterocycles. The van der Waals surface area contributed by atoms with E-state index in [9.17, 15) is 9.59 Å². The van der Waals surface area contributed by atoms with Gasteiger partial charge in [-0.2, -0.15) is 0 Å². The van der Waals surface area contributed by atoms with E-state index in [1.54, 1.807) is 4.68 Å². The molecule has 1 aliphatic heterocycles. The number of carbonyl (C=O) groups is 2. The predicted molar refractivity (Wildman–Crippen MR) is 83.6 cm³/mol. The van der Waals surface area contributed by atoms with Gasteiger partial charge in [-0.1, -0.05) is 31.2 Å². The van der Waals surface area contributed by atoms with Crippen LogP contribution in [0.25, 0.3) is 0 Å². The molecule has 2 heterocycles. The third-order valence-corrected chi connectivity index (χ3v) is 4.76. The summed E-state index contributed by atoms with van der Waals surface area (Å²) in [5, 5.41) is 14.4. The van der Waals surface area contributed by atoms with E-state index in [1.165, 1.54) is 4.90 Å². The number of aromatic nitrogens is 4. The molecule has 1 atom stereocenters. The lowest BCUT2D eigenvalue weighted by atomic mass is 9.92. The van der Waals surface area contributed by atoms with Crippen LogP contribution in [0.1, 0.15) is 36.7 Å². The zero-order chi connectivity index (χ0) is 16.7. The van der Waals surface area contributed by atoms with Crippen LogP contribution in [0.15, 0.2) is 24.3 Å². The average Bonchev–Trinajstić information content (AvgIpc) is 3.24. The molecule has 0 radical (unpaired) electrons. The second-order valence-corrected chi connectivity index (χ2v) is 6.20. The summed E-state index contributed by atoms with van der Waals surface area (Å²) in [7, 11) is 0. The van der Waals surface area contributed by atoms with Gasteiger partial charge in [0.05, 0.1) is 6.54 Å². The largest absolute Gasteiger partial charge is 0.325 e. The molecule has 4 rings (SSSR count). The minimum Gasteiger partial charge on any atom is -0.319 e. The molecule has 1 spiro atoms. The van der Waals surface area contributed by atoms with Gasteiger partial charge in [0.2, 0.25) is 0 Å². The Morgan fingerprint density at radius 3 is 2.96 bits per heavy atom. The molecule has 124 valence electrons. The topological polar surface area (TPSA) is 93.0 Å². The third kappa shape index (κ3) is 2.02. The predicted octanol–water partition coefficient (Wildman–Crippen LogP) is 0.977. The number of rotatable bonds is 4. The van der Waals surface area contributed by atoms with Crippen LogP contribution in [-0.4, -0.2) is 37.0 Å². The lowest BCUT2D eigenvalue weighted by molar-refractivity contribution is -0.132. The second kappa shape index (κ2) is 5.40. The van der Waals surface area contributed by atoms with E-state index in [2.05, 4.69) is 20.8 Å². The number of hydrogen-bond acceptors (Lipinski definition) is 5. The van der Waals surface area contributed by atoms with Gasteiger partial charge in [-0.15, -0.1) is 5.10 Å². The fraction of sp³-hybridized carbons (Fsp3) is 0.438. The summed E-state index contributed by atoms with van der Waals surface area (Å²) < 4.78 is 1.63. The quantitative estimate of drug-likeness (QED) is 0.845. The Labute approximate surface area is 138 Å². The first kappa shape index (κ1) is 14.8. The van der Waals surface area contributed by atoms with E-state index in [-0.39, 0.29) is 18.5 Å². The van der Waals surface area contributed by atoms with Gasteiger partial charge in [-0.05, 0) is 40.8 Å². The maximum atomic E-state index is 13.1. The first-order chi connectivity index (χ1) is 11.7. The van der Waals surface area contributed by atoms with Crippen molar-refractivity contribution in [2.45, 2.75) is 44.8 Å². The van der Waals surface area contributed by atoms with E-state index < -0.39 is 5.54 Å². The van der Waals surface area contributed by atoms with Crippen molar-refractivity contribution < 1.29 is 9.59 Å². The lowest BCUT2D eigenvalue weighted by Crippen LogP contribution is -2.41. The molecule has 2 aromatic rings. The van der Waals surface area contributed by atoms with Gasteiger partial charge in [0.15, 0.2) is 5.82 Å². The van der Waals surface area contributed by atoms with Crippen molar-refractivity contribution in [3.63, 3.8) is 0 Å². The van der Waals surface area contributed by atoms with Crippen LogP contribution in [0.4, 0.5) is 4.79 Å². The van der Waals surface area contributed by atoms with Crippen LogP contribution in [-0.2, 0) is 29.8 Å². The summed E-state index contributed by atoms with van der Waals surface area (Å²) in [4.78, 5) is 26.8. The number of imide groups is 1. The molecule has 1 N–H and O–H groups in total. The number of nitrogens with zero attached hydrogens (tertiary/aromatic N) is 5. The number of nitrogens with one attached hydrogen (secondary N) is 1. The van der Waals surface area contributed by atoms with Gasteiger partial charge in [0.1, 0.15) is 5.54 Å². The molecular weight excluding hydrogens is 308 g/mol. The van der Waals surface area contributed by atoms with Crippen molar-refractivity contribution in [1.29, 1.82) is 0 Å². The molecule has 1 unspecified atom stereocenters. The Balaban J connectivity index is 1.64. The fourth-order valence-corrected chi connectivity index (χ4v) is 3.60. The molecule has 1 fully saturated rings. The van der Waals surface area contributed by atoms with E-state index in [1.807, 2.05) is 31.2 Å². The second-order valence-electron chi connectivity index (χ2n) is 6.20. The normalized spacial score (nSPS) is 22.3. The lowest BCUT2D eigenvalue weighted by Gasteiger charge is -2.22. The average molecular weight is 326 g/mol. The number of amides is 3. The first-order valence-corrected chi connectivity index (χ1v) is 8.13. The molecule has 1 aromatic carbocycles. The Hall–Kier alpha value is -2.77. The van der Waals surface area contributed by atoms with Gasteiger partial charge in [0.25, 0.3) is 5.91 Å². The summed E-state index contributed by atoms with van der Waals surface area (Å²) >= 11 is 0. The summed E-state index contributed by atoms with van der Waals surface area (Å²) in [5.74, 6) is 0.298. The van der Waals surface area contributed by atoms with E-state index in [0.717, 1.165) is 24.0 Å². The highest BCUT2D eigenvalue weighted by Gasteiger charge is 2.55. The summed E-state index contributed by atoms with van der Waals surface area (Å²) in [6.45, 7) is 2.76. The highest BCUT2D eigenvalue weighted by Crippen LogP contribution is 2.41. The number of fused-ring (bicyclic) bond motifs is 2. The van der Waals surface area contributed by atoms with Crippen molar-refractivity contribution in [1.82, 2.24) is 30.4 Å².